The Morgan fingerprint density at radius 3 is 2.76 bits per heavy atom. The van der Waals surface area contributed by atoms with Gasteiger partial charge in [0.25, 0.3) is 5.91 Å². The lowest BCUT2D eigenvalue weighted by atomic mass is 10.3. The van der Waals surface area contributed by atoms with Crippen LogP contribution >= 0.6 is 23.1 Å². The van der Waals surface area contributed by atoms with E-state index in [-0.39, 0.29) is 11.5 Å². The Labute approximate surface area is 174 Å². The summed E-state index contributed by atoms with van der Waals surface area (Å²) in [5, 5.41) is 16.4. The Kier molecular flexibility index (Phi) is 6.34. The SMILES string of the molecule is COc1ccc(OC)c(-n2nnnc2SC(C)C(=O)Nc2sccc2C(N)=O)c1. The summed E-state index contributed by atoms with van der Waals surface area (Å²) in [5.74, 6) is 0.236. The molecular weight excluding hydrogens is 416 g/mol. The Hall–Kier alpha value is -3.12. The molecule has 0 saturated carbocycles. The summed E-state index contributed by atoms with van der Waals surface area (Å²) >= 11 is 2.38. The van der Waals surface area contributed by atoms with E-state index < -0.39 is 11.2 Å². The molecule has 0 aliphatic carbocycles. The molecule has 2 heterocycles. The van der Waals surface area contributed by atoms with Gasteiger partial charge < -0.3 is 20.5 Å². The van der Waals surface area contributed by atoms with Crippen LogP contribution in [0.2, 0.25) is 0 Å². The van der Waals surface area contributed by atoms with Gasteiger partial charge in [-0.15, -0.1) is 16.4 Å². The van der Waals surface area contributed by atoms with E-state index in [0.29, 0.717) is 27.3 Å². The molecule has 0 saturated heterocycles. The van der Waals surface area contributed by atoms with Crippen molar-refractivity contribution in [1.82, 2.24) is 20.2 Å². The zero-order valence-corrected chi connectivity index (χ0v) is 17.4. The summed E-state index contributed by atoms with van der Waals surface area (Å²) in [7, 11) is 3.09. The fourth-order valence-electron chi connectivity index (χ4n) is 2.39. The number of amides is 2. The third kappa shape index (κ3) is 4.49. The van der Waals surface area contributed by atoms with Gasteiger partial charge in [-0.2, -0.15) is 4.68 Å². The summed E-state index contributed by atoms with van der Waals surface area (Å²) in [5.41, 5.74) is 6.16. The summed E-state index contributed by atoms with van der Waals surface area (Å²) < 4.78 is 12.1. The Morgan fingerprint density at radius 2 is 2.07 bits per heavy atom. The normalized spacial score (nSPS) is 11.7. The predicted molar refractivity (Wildman–Crippen MR) is 109 cm³/mol. The third-order valence-electron chi connectivity index (χ3n) is 3.87. The number of carbonyl (C=O) groups is 2. The average Bonchev–Trinajstić information content (AvgIpc) is 3.36. The van der Waals surface area contributed by atoms with Gasteiger partial charge in [-0.25, -0.2) is 0 Å². The maximum atomic E-state index is 12.6. The van der Waals surface area contributed by atoms with Crippen LogP contribution in [-0.4, -0.2) is 51.5 Å². The van der Waals surface area contributed by atoms with Gasteiger partial charge in [-0.05, 0) is 40.9 Å². The van der Waals surface area contributed by atoms with Crippen LogP contribution in [0.1, 0.15) is 17.3 Å². The van der Waals surface area contributed by atoms with Crippen molar-refractivity contribution in [3.63, 3.8) is 0 Å². The number of nitrogens with one attached hydrogen (secondary N) is 1. The van der Waals surface area contributed by atoms with Crippen molar-refractivity contribution in [2.75, 3.05) is 19.5 Å². The lowest BCUT2D eigenvalue weighted by molar-refractivity contribution is -0.115. The Balaban J connectivity index is 1.80. The van der Waals surface area contributed by atoms with Gasteiger partial charge in [0, 0.05) is 6.07 Å². The first-order chi connectivity index (χ1) is 13.9. The zero-order chi connectivity index (χ0) is 21.0. The topological polar surface area (TPSA) is 134 Å². The number of benzene rings is 1. The number of carbonyl (C=O) groups excluding carboxylic acids is 2. The van der Waals surface area contributed by atoms with E-state index in [1.54, 1.807) is 43.7 Å². The highest BCUT2D eigenvalue weighted by Gasteiger charge is 2.22. The molecular formula is C17H18N6O4S2. The van der Waals surface area contributed by atoms with Crippen LogP contribution in [0.4, 0.5) is 5.00 Å². The first kappa shape index (κ1) is 20.6. The lowest BCUT2D eigenvalue weighted by Crippen LogP contribution is -2.24. The Bertz CT molecular complexity index is 1030. The standard InChI is InChI=1S/C17H18N6O4S2/c1-9(15(25)19-16-11(14(18)24)6-7-28-16)29-17-20-21-22-23(17)12-8-10(26-2)4-5-13(12)27-3/h4-9H,1-3H3,(H2,18,24)(H,19,25). The molecule has 152 valence electrons. The number of anilines is 1. The van der Waals surface area contributed by atoms with Gasteiger partial charge in [0.05, 0.1) is 25.0 Å². The number of thioether (sulfide) groups is 1. The van der Waals surface area contributed by atoms with Crippen LogP contribution in [0.5, 0.6) is 11.5 Å². The van der Waals surface area contributed by atoms with Crippen molar-refractivity contribution < 1.29 is 19.1 Å². The van der Waals surface area contributed by atoms with Crippen molar-refractivity contribution in [3.05, 3.63) is 35.2 Å². The van der Waals surface area contributed by atoms with Crippen LogP contribution in [-0.2, 0) is 4.79 Å². The number of hydrogen-bond acceptors (Lipinski definition) is 9. The van der Waals surface area contributed by atoms with E-state index in [0.717, 1.165) is 11.8 Å². The number of rotatable bonds is 8. The number of nitrogens with two attached hydrogens (primary N) is 1. The molecule has 10 nitrogen and oxygen atoms in total. The largest absolute Gasteiger partial charge is 0.497 e. The summed E-state index contributed by atoms with van der Waals surface area (Å²) in [6.07, 6.45) is 0. The molecule has 0 fully saturated rings. The fourth-order valence-corrected chi connectivity index (χ4v) is 3.99. The number of primary amides is 1. The number of tetrazole rings is 1. The van der Waals surface area contributed by atoms with E-state index in [4.69, 9.17) is 15.2 Å². The van der Waals surface area contributed by atoms with Crippen LogP contribution in [0.25, 0.3) is 5.69 Å². The van der Waals surface area contributed by atoms with Crippen LogP contribution in [0.15, 0.2) is 34.8 Å². The van der Waals surface area contributed by atoms with Crippen LogP contribution in [0, 0.1) is 0 Å². The first-order valence-electron chi connectivity index (χ1n) is 8.30. The second-order valence-electron chi connectivity index (χ2n) is 5.69. The van der Waals surface area contributed by atoms with Gasteiger partial charge >= 0.3 is 0 Å². The molecule has 1 aromatic carbocycles. The van der Waals surface area contributed by atoms with Gasteiger partial charge in [0.1, 0.15) is 22.2 Å². The van der Waals surface area contributed by atoms with E-state index >= 15 is 0 Å². The molecule has 0 bridgehead atoms. The highest BCUT2D eigenvalue weighted by atomic mass is 32.2. The monoisotopic (exact) mass is 434 g/mol. The first-order valence-corrected chi connectivity index (χ1v) is 10.1. The minimum Gasteiger partial charge on any atom is -0.497 e. The summed E-state index contributed by atoms with van der Waals surface area (Å²) in [4.78, 5) is 24.0. The molecule has 29 heavy (non-hydrogen) atoms. The van der Waals surface area contributed by atoms with Crippen LogP contribution < -0.4 is 20.5 Å². The van der Waals surface area contributed by atoms with Crippen molar-refractivity contribution >= 4 is 39.9 Å². The highest BCUT2D eigenvalue weighted by molar-refractivity contribution is 8.00. The molecule has 0 spiro atoms. The zero-order valence-electron chi connectivity index (χ0n) is 15.8. The van der Waals surface area contributed by atoms with Gasteiger partial charge in [-0.3, -0.25) is 9.59 Å². The number of methoxy groups -OCH3 is 2. The molecule has 2 amide bonds. The summed E-state index contributed by atoms with van der Waals surface area (Å²) in [6.45, 7) is 1.71. The van der Waals surface area contributed by atoms with Crippen molar-refractivity contribution in [2.24, 2.45) is 5.73 Å². The van der Waals surface area contributed by atoms with E-state index in [1.807, 2.05) is 0 Å². The third-order valence-corrected chi connectivity index (χ3v) is 5.74. The average molecular weight is 435 g/mol. The maximum Gasteiger partial charge on any atom is 0.251 e. The van der Waals surface area contributed by atoms with Crippen LogP contribution in [0.3, 0.4) is 0 Å². The molecule has 3 aromatic rings. The fraction of sp³-hybridized carbons (Fsp3) is 0.235. The predicted octanol–water partition coefficient (Wildman–Crippen LogP) is 1.96. The molecule has 3 rings (SSSR count). The summed E-state index contributed by atoms with van der Waals surface area (Å²) in [6, 6.07) is 6.79. The second kappa shape index (κ2) is 8.92. The minimum atomic E-state index is -0.601. The quantitative estimate of drug-likeness (QED) is 0.514. The molecule has 0 aliphatic heterocycles. The molecule has 1 atom stereocenters. The smallest absolute Gasteiger partial charge is 0.251 e. The molecule has 0 radical (unpaired) electrons. The molecule has 0 aliphatic rings. The van der Waals surface area contributed by atoms with Gasteiger partial charge in [0.2, 0.25) is 11.1 Å². The minimum absolute atomic E-state index is 0.270. The van der Waals surface area contributed by atoms with Gasteiger partial charge in [-0.1, -0.05) is 11.8 Å². The van der Waals surface area contributed by atoms with E-state index in [9.17, 15) is 9.59 Å². The van der Waals surface area contributed by atoms with Gasteiger partial charge in [0.15, 0.2) is 0 Å². The van der Waals surface area contributed by atoms with E-state index in [1.165, 1.54) is 23.1 Å². The molecule has 2 aromatic heterocycles. The van der Waals surface area contributed by atoms with Crippen molar-refractivity contribution in [2.45, 2.75) is 17.3 Å². The lowest BCUT2D eigenvalue weighted by Gasteiger charge is -2.13. The maximum absolute atomic E-state index is 12.6. The second-order valence-corrected chi connectivity index (χ2v) is 7.91. The van der Waals surface area contributed by atoms with E-state index in [2.05, 4.69) is 20.8 Å². The Morgan fingerprint density at radius 1 is 1.28 bits per heavy atom. The number of ether oxygens (including phenoxy) is 2. The number of hydrogen-bond donors (Lipinski definition) is 2. The van der Waals surface area contributed by atoms with Crippen molar-refractivity contribution in [3.8, 4) is 17.2 Å². The highest BCUT2D eigenvalue weighted by Crippen LogP contribution is 2.31. The molecule has 12 heteroatoms. The van der Waals surface area contributed by atoms with Crippen molar-refractivity contribution in [1.29, 1.82) is 0 Å². The molecule has 1 unspecified atom stereocenters. The molecule has 3 N–H and O–H groups in total. The number of aromatic nitrogens is 4. The number of thiophene rings is 1. The number of nitrogens with zero attached hydrogens (tertiary/aromatic N) is 4.